The highest BCUT2D eigenvalue weighted by atomic mass is 16.5. The van der Waals surface area contributed by atoms with Crippen LogP contribution in [0.5, 0.6) is 28.7 Å². The molecule has 8 nitrogen and oxygen atoms in total. The summed E-state index contributed by atoms with van der Waals surface area (Å²) in [6.45, 7) is 6.88. The smallest absolute Gasteiger partial charge is 0.342 e. The number of hydrogen-bond donors (Lipinski definition) is 2. The molecule has 0 saturated heterocycles. The van der Waals surface area contributed by atoms with Crippen LogP contribution in [0, 0.1) is 0 Å². The van der Waals surface area contributed by atoms with Crippen molar-refractivity contribution in [3.63, 3.8) is 0 Å². The Hall–Kier alpha value is -3.68. The zero-order valence-corrected chi connectivity index (χ0v) is 19.0. The van der Waals surface area contributed by atoms with Crippen LogP contribution in [0.25, 0.3) is 6.08 Å². The number of esters is 1. The van der Waals surface area contributed by atoms with Gasteiger partial charge < -0.3 is 29.2 Å². The molecule has 2 aromatic carbocycles. The van der Waals surface area contributed by atoms with Crippen LogP contribution in [0.2, 0.25) is 0 Å². The van der Waals surface area contributed by atoms with Crippen molar-refractivity contribution >= 4 is 17.8 Å². The molecule has 2 N–H and O–H groups in total. The third-order valence-corrected chi connectivity index (χ3v) is 4.24. The van der Waals surface area contributed by atoms with Crippen LogP contribution in [-0.4, -0.2) is 48.4 Å². The van der Waals surface area contributed by atoms with E-state index in [0.717, 1.165) is 0 Å². The molecule has 2 aromatic rings. The van der Waals surface area contributed by atoms with Crippen LogP contribution in [0.15, 0.2) is 30.3 Å². The first kappa shape index (κ1) is 24.6. The molecular formula is C24H28O8. The van der Waals surface area contributed by atoms with E-state index in [2.05, 4.69) is 0 Å². The number of allylic oxidation sites excluding steroid dienone is 1. The molecule has 0 aromatic heterocycles. The lowest BCUT2D eigenvalue weighted by Gasteiger charge is -2.17. The molecule has 0 aliphatic heterocycles. The number of carbonyl (C=O) groups excluding carboxylic acids is 2. The first-order valence-electron chi connectivity index (χ1n) is 10.00. The molecule has 0 fully saturated rings. The van der Waals surface area contributed by atoms with E-state index in [4.69, 9.17) is 18.9 Å². The Kier molecular flexibility index (Phi) is 8.12. The Bertz CT molecular complexity index is 996. The summed E-state index contributed by atoms with van der Waals surface area (Å²) < 4.78 is 21.0. The predicted molar refractivity (Wildman–Crippen MR) is 119 cm³/mol. The summed E-state index contributed by atoms with van der Waals surface area (Å²) in [7, 11) is 2.79. The molecule has 0 aliphatic rings. The van der Waals surface area contributed by atoms with Gasteiger partial charge in [0.15, 0.2) is 28.8 Å². The second kappa shape index (κ2) is 10.6. The van der Waals surface area contributed by atoms with Crippen molar-refractivity contribution in [1.82, 2.24) is 0 Å². The minimum Gasteiger partial charge on any atom is -0.504 e. The lowest BCUT2D eigenvalue weighted by atomic mass is 10.0. The molecule has 0 atom stereocenters. The standard InChI is InChI=1S/C24H28O8/c1-13(2)31-23-17(24(28)32-14(3)4)9-8-16(21(23)26)18(25)10-7-15-11-19(29-5)22(27)20(12-15)30-6/h7-14,26-27H,1-6H3/b10-7+. The first-order chi connectivity index (χ1) is 15.1. The molecule has 0 heterocycles. The molecule has 0 spiro atoms. The highest BCUT2D eigenvalue weighted by Gasteiger charge is 2.24. The second-order valence-corrected chi connectivity index (χ2v) is 7.43. The number of benzene rings is 2. The van der Waals surface area contributed by atoms with Gasteiger partial charge in [-0.3, -0.25) is 4.79 Å². The quantitative estimate of drug-likeness (QED) is 0.333. The molecule has 2 rings (SSSR count). The number of aromatic hydroxyl groups is 2. The Morgan fingerprint density at radius 2 is 1.44 bits per heavy atom. The molecule has 0 bridgehead atoms. The highest BCUT2D eigenvalue weighted by molar-refractivity contribution is 6.10. The topological polar surface area (TPSA) is 112 Å². The van der Waals surface area contributed by atoms with Crippen molar-refractivity contribution in [3.8, 4) is 28.7 Å². The highest BCUT2D eigenvalue weighted by Crippen LogP contribution is 2.38. The van der Waals surface area contributed by atoms with Gasteiger partial charge in [0.2, 0.25) is 5.75 Å². The van der Waals surface area contributed by atoms with E-state index < -0.39 is 17.5 Å². The Morgan fingerprint density at radius 1 is 0.875 bits per heavy atom. The van der Waals surface area contributed by atoms with Gasteiger partial charge in [-0.25, -0.2) is 4.79 Å². The van der Waals surface area contributed by atoms with E-state index >= 15 is 0 Å². The summed E-state index contributed by atoms with van der Waals surface area (Å²) in [6.07, 6.45) is 2.01. The van der Waals surface area contributed by atoms with Crippen LogP contribution in [0.1, 0.15) is 54.0 Å². The summed E-state index contributed by atoms with van der Waals surface area (Å²) in [5, 5.41) is 20.7. The Morgan fingerprint density at radius 3 is 1.94 bits per heavy atom. The van der Waals surface area contributed by atoms with E-state index in [1.165, 1.54) is 50.6 Å². The number of methoxy groups -OCH3 is 2. The van der Waals surface area contributed by atoms with Crippen LogP contribution < -0.4 is 14.2 Å². The normalized spacial score (nSPS) is 11.1. The van der Waals surface area contributed by atoms with E-state index in [1.807, 2.05) is 0 Å². The van der Waals surface area contributed by atoms with Crippen LogP contribution in [0.4, 0.5) is 0 Å². The fourth-order valence-corrected chi connectivity index (χ4v) is 2.83. The van der Waals surface area contributed by atoms with Crippen LogP contribution in [-0.2, 0) is 4.74 Å². The predicted octanol–water partition coefficient (Wildman–Crippen LogP) is 4.36. The maximum atomic E-state index is 12.8. The average molecular weight is 444 g/mol. The molecule has 0 saturated carbocycles. The maximum absolute atomic E-state index is 12.8. The zero-order valence-electron chi connectivity index (χ0n) is 19.0. The minimum absolute atomic E-state index is 0.0263. The Balaban J connectivity index is 2.43. The lowest BCUT2D eigenvalue weighted by molar-refractivity contribution is 0.0370. The third kappa shape index (κ3) is 5.72. The molecule has 0 unspecified atom stereocenters. The van der Waals surface area contributed by atoms with Crippen molar-refractivity contribution in [2.75, 3.05) is 14.2 Å². The van der Waals surface area contributed by atoms with Crippen molar-refractivity contribution in [2.45, 2.75) is 39.9 Å². The van der Waals surface area contributed by atoms with E-state index in [1.54, 1.807) is 27.7 Å². The van der Waals surface area contributed by atoms with Gasteiger partial charge in [0.25, 0.3) is 0 Å². The van der Waals surface area contributed by atoms with E-state index in [-0.39, 0.29) is 46.3 Å². The maximum Gasteiger partial charge on any atom is 0.342 e. The monoisotopic (exact) mass is 444 g/mol. The van der Waals surface area contributed by atoms with Gasteiger partial charge in [-0.1, -0.05) is 6.08 Å². The number of ether oxygens (including phenoxy) is 4. The SMILES string of the molecule is COc1cc(/C=C/C(=O)c2ccc(C(=O)OC(C)C)c(OC(C)C)c2O)cc(OC)c1O. The van der Waals surface area contributed by atoms with E-state index in [0.29, 0.717) is 5.56 Å². The Labute approximate surface area is 187 Å². The molecule has 0 aliphatic carbocycles. The van der Waals surface area contributed by atoms with Crippen molar-refractivity contribution in [1.29, 1.82) is 0 Å². The number of ketones is 1. The minimum atomic E-state index is -0.663. The third-order valence-electron chi connectivity index (χ3n) is 4.24. The van der Waals surface area contributed by atoms with E-state index in [9.17, 15) is 19.8 Å². The summed E-state index contributed by atoms with van der Waals surface area (Å²) in [5.41, 5.74) is 0.509. The van der Waals surface area contributed by atoms with Crippen LogP contribution >= 0.6 is 0 Å². The average Bonchev–Trinajstić information content (AvgIpc) is 2.73. The zero-order chi connectivity index (χ0) is 24.0. The summed E-state index contributed by atoms with van der Waals surface area (Å²) in [4.78, 5) is 25.2. The van der Waals surface area contributed by atoms with Gasteiger partial charge in [0.05, 0.1) is 32.0 Å². The van der Waals surface area contributed by atoms with Gasteiger partial charge in [-0.2, -0.15) is 0 Å². The van der Waals surface area contributed by atoms with Crippen LogP contribution in [0.3, 0.4) is 0 Å². The summed E-state index contributed by atoms with van der Waals surface area (Å²) >= 11 is 0. The number of hydrogen-bond acceptors (Lipinski definition) is 8. The van der Waals surface area contributed by atoms with Gasteiger partial charge >= 0.3 is 5.97 Å². The molecule has 172 valence electrons. The largest absolute Gasteiger partial charge is 0.504 e. The second-order valence-electron chi connectivity index (χ2n) is 7.43. The van der Waals surface area contributed by atoms with Crippen molar-refractivity contribution < 1.29 is 38.7 Å². The number of phenolic OH excluding ortho intramolecular Hbond substituents is 2. The first-order valence-corrected chi connectivity index (χ1v) is 10.00. The number of phenols is 2. The summed E-state index contributed by atoms with van der Waals surface area (Å²) in [6, 6.07) is 5.78. The fourth-order valence-electron chi connectivity index (χ4n) is 2.83. The number of rotatable bonds is 9. The molecule has 8 heteroatoms. The molecular weight excluding hydrogens is 416 g/mol. The van der Waals surface area contributed by atoms with Crippen molar-refractivity contribution in [2.24, 2.45) is 0 Å². The van der Waals surface area contributed by atoms with Gasteiger partial charge in [0.1, 0.15) is 5.56 Å². The molecule has 32 heavy (non-hydrogen) atoms. The molecule has 0 amide bonds. The van der Waals surface area contributed by atoms with Crippen molar-refractivity contribution in [3.05, 3.63) is 47.0 Å². The van der Waals surface area contributed by atoms with Gasteiger partial charge in [-0.05, 0) is 63.6 Å². The number of carbonyl (C=O) groups is 2. The summed E-state index contributed by atoms with van der Waals surface area (Å²) in [5.74, 6) is -1.55. The lowest BCUT2D eigenvalue weighted by Crippen LogP contribution is -2.16. The van der Waals surface area contributed by atoms with Gasteiger partial charge in [0, 0.05) is 0 Å². The fraction of sp³-hybridized carbons (Fsp3) is 0.333. The van der Waals surface area contributed by atoms with Gasteiger partial charge in [-0.15, -0.1) is 0 Å². The molecule has 0 radical (unpaired) electrons.